The Morgan fingerprint density at radius 1 is 0.933 bits per heavy atom. The van der Waals surface area contributed by atoms with Crippen molar-refractivity contribution in [3.63, 3.8) is 0 Å². The molecule has 4 rings (SSSR count). The molecule has 1 heterocycles. The number of alkyl halides is 6. The molecule has 0 aromatic heterocycles. The van der Waals surface area contributed by atoms with E-state index in [0.29, 0.717) is 18.3 Å². The Morgan fingerprint density at radius 3 is 2.00 bits per heavy atom. The lowest BCUT2D eigenvalue weighted by molar-refractivity contribution is -0.143. The number of hydrogen-bond donors (Lipinski definition) is 0. The summed E-state index contributed by atoms with van der Waals surface area (Å²) >= 11 is 0. The molecule has 4 atom stereocenters. The minimum Gasteiger partial charge on any atom is -0.359 e. The van der Waals surface area contributed by atoms with Gasteiger partial charge in [-0.2, -0.15) is 26.3 Å². The lowest BCUT2D eigenvalue weighted by Gasteiger charge is -2.53. The summed E-state index contributed by atoms with van der Waals surface area (Å²) in [6.45, 7) is 10.7. The van der Waals surface area contributed by atoms with Crippen LogP contribution in [-0.4, -0.2) is 11.6 Å². The molecule has 1 nitrogen and oxygen atoms in total. The summed E-state index contributed by atoms with van der Waals surface area (Å²) in [6, 6.07) is 1.86. The summed E-state index contributed by atoms with van der Waals surface area (Å²) in [4.78, 5) is 1.77. The van der Waals surface area contributed by atoms with E-state index in [0.717, 1.165) is 37.8 Å². The summed E-state index contributed by atoms with van der Waals surface area (Å²) in [5.41, 5.74) is -1.54. The fourth-order valence-electron chi connectivity index (χ4n) is 6.00. The van der Waals surface area contributed by atoms with Gasteiger partial charge in [0, 0.05) is 5.69 Å². The fourth-order valence-corrected chi connectivity index (χ4v) is 6.00. The minimum absolute atomic E-state index is 0.0141. The molecule has 2 saturated carbocycles. The van der Waals surface area contributed by atoms with Gasteiger partial charge in [0.05, 0.1) is 22.7 Å². The second-order valence-electron chi connectivity index (χ2n) is 10.1. The molecular formula is C23H27F6N. The highest BCUT2D eigenvalue weighted by Gasteiger charge is 2.61. The Balaban J connectivity index is 1.68. The van der Waals surface area contributed by atoms with Crippen molar-refractivity contribution in [2.24, 2.45) is 17.3 Å². The largest absolute Gasteiger partial charge is 0.416 e. The molecule has 0 N–H and O–H groups in total. The Labute approximate surface area is 173 Å². The lowest BCUT2D eigenvalue weighted by Crippen LogP contribution is -2.45. The van der Waals surface area contributed by atoms with E-state index in [1.807, 2.05) is 6.92 Å². The average Bonchev–Trinajstić information content (AvgIpc) is 3.18. The van der Waals surface area contributed by atoms with Gasteiger partial charge in [0.15, 0.2) is 0 Å². The molecule has 1 aromatic carbocycles. The van der Waals surface area contributed by atoms with E-state index < -0.39 is 29.0 Å². The first-order valence-electron chi connectivity index (χ1n) is 10.4. The third kappa shape index (κ3) is 3.42. The van der Waals surface area contributed by atoms with E-state index in [1.165, 1.54) is 5.57 Å². The molecular weight excluding hydrogens is 404 g/mol. The molecule has 2 unspecified atom stereocenters. The number of nitrogens with zero attached hydrogens (tertiary/aromatic N) is 1. The zero-order valence-corrected chi connectivity index (χ0v) is 17.4. The van der Waals surface area contributed by atoms with Crippen molar-refractivity contribution in [3.8, 4) is 0 Å². The van der Waals surface area contributed by atoms with Gasteiger partial charge >= 0.3 is 12.4 Å². The summed E-state index contributed by atoms with van der Waals surface area (Å²) in [7, 11) is 0. The second-order valence-corrected chi connectivity index (χ2v) is 10.1. The predicted octanol–water partition coefficient (Wildman–Crippen LogP) is 7.46. The van der Waals surface area contributed by atoms with Crippen LogP contribution in [-0.2, 0) is 12.4 Å². The van der Waals surface area contributed by atoms with Gasteiger partial charge in [-0.15, -0.1) is 0 Å². The van der Waals surface area contributed by atoms with Gasteiger partial charge in [-0.25, -0.2) is 0 Å². The van der Waals surface area contributed by atoms with E-state index in [4.69, 9.17) is 0 Å². The molecule has 30 heavy (non-hydrogen) atoms. The molecule has 1 aromatic rings. The molecule has 3 fully saturated rings. The first-order chi connectivity index (χ1) is 13.6. The molecule has 0 spiro atoms. The van der Waals surface area contributed by atoms with Crippen LogP contribution in [0.2, 0.25) is 0 Å². The third-order valence-corrected chi connectivity index (χ3v) is 7.82. The number of fused-ring (bicyclic) bond motifs is 2. The van der Waals surface area contributed by atoms with Gasteiger partial charge in [-0.3, -0.25) is 0 Å². The van der Waals surface area contributed by atoms with Crippen LogP contribution in [0.15, 0.2) is 30.4 Å². The topological polar surface area (TPSA) is 3.01 Å². The van der Waals surface area contributed by atoms with Gasteiger partial charge in [0.1, 0.15) is 0 Å². The number of rotatable bonds is 1. The number of benzene rings is 1. The van der Waals surface area contributed by atoms with Crippen molar-refractivity contribution in [2.45, 2.75) is 76.8 Å². The van der Waals surface area contributed by atoms with Crippen LogP contribution in [0, 0.1) is 17.3 Å². The monoisotopic (exact) mass is 431 g/mol. The summed E-state index contributed by atoms with van der Waals surface area (Å²) in [6.07, 6.45) is -5.43. The molecule has 0 radical (unpaired) electrons. The van der Waals surface area contributed by atoms with Crippen molar-refractivity contribution >= 4 is 5.69 Å². The number of hydrogen-bond acceptors (Lipinski definition) is 1. The Bertz CT molecular complexity index is 835. The van der Waals surface area contributed by atoms with Crippen LogP contribution in [0.25, 0.3) is 0 Å². The maximum Gasteiger partial charge on any atom is 0.416 e. The van der Waals surface area contributed by atoms with Crippen LogP contribution in [0.5, 0.6) is 0 Å². The fraction of sp³-hybridized carbons (Fsp3) is 0.652. The van der Waals surface area contributed by atoms with Crippen molar-refractivity contribution in [1.82, 2.24) is 0 Å². The van der Waals surface area contributed by atoms with Gasteiger partial charge < -0.3 is 4.90 Å². The van der Waals surface area contributed by atoms with Gasteiger partial charge in [0.2, 0.25) is 0 Å². The maximum atomic E-state index is 13.3. The molecule has 1 saturated heterocycles. The van der Waals surface area contributed by atoms with Crippen LogP contribution < -0.4 is 4.90 Å². The van der Waals surface area contributed by atoms with Gasteiger partial charge in [0.25, 0.3) is 0 Å². The predicted molar refractivity (Wildman–Crippen MR) is 104 cm³/mol. The lowest BCUT2D eigenvalue weighted by atomic mass is 9.52. The Kier molecular flexibility index (Phi) is 4.62. The summed E-state index contributed by atoms with van der Waals surface area (Å²) in [5, 5.41) is 0. The van der Waals surface area contributed by atoms with E-state index in [1.54, 1.807) is 4.90 Å². The van der Waals surface area contributed by atoms with Gasteiger partial charge in [-0.05, 0) is 74.5 Å². The summed E-state index contributed by atoms with van der Waals surface area (Å²) in [5.74, 6) is 0.954. The number of halogens is 6. The van der Waals surface area contributed by atoms with Crippen molar-refractivity contribution in [3.05, 3.63) is 41.5 Å². The quantitative estimate of drug-likeness (QED) is 0.253. The van der Waals surface area contributed by atoms with E-state index >= 15 is 0 Å². The van der Waals surface area contributed by atoms with E-state index in [2.05, 4.69) is 20.4 Å². The molecule has 0 amide bonds. The molecule has 0 bridgehead atoms. The van der Waals surface area contributed by atoms with Crippen LogP contribution >= 0.6 is 0 Å². The normalized spacial score (nSPS) is 33.6. The Hall–Kier alpha value is -1.66. The number of allylic oxidation sites excluding steroid dienone is 1. The standard InChI is InChI=1S/C23H27F6N/c1-13-5-6-19-21(4,8-7-18-17(13)12-20(18,2)3)30(19)16-10-14(22(24,25)26)9-15(11-16)23(27,28)29/h9-11,17-19H,1,5-8,12H2,2-4H3/t17-,18-,19?,21?,30?/m1/s1. The average molecular weight is 431 g/mol. The minimum atomic E-state index is -4.83. The zero-order valence-electron chi connectivity index (χ0n) is 17.4. The molecule has 166 valence electrons. The molecule has 3 aliphatic rings. The van der Waals surface area contributed by atoms with Crippen LogP contribution in [0.4, 0.5) is 32.0 Å². The van der Waals surface area contributed by atoms with Crippen molar-refractivity contribution in [1.29, 1.82) is 0 Å². The maximum absolute atomic E-state index is 13.3. The molecule has 7 heteroatoms. The van der Waals surface area contributed by atoms with E-state index in [9.17, 15) is 26.3 Å². The number of anilines is 1. The first kappa shape index (κ1) is 21.6. The van der Waals surface area contributed by atoms with Crippen molar-refractivity contribution < 1.29 is 26.3 Å². The van der Waals surface area contributed by atoms with Crippen LogP contribution in [0.1, 0.15) is 64.0 Å². The Morgan fingerprint density at radius 2 is 1.50 bits per heavy atom. The van der Waals surface area contributed by atoms with Gasteiger partial charge in [-0.1, -0.05) is 26.0 Å². The first-order valence-corrected chi connectivity index (χ1v) is 10.4. The van der Waals surface area contributed by atoms with Crippen molar-refractivity contribution in [2.75, 3.05) is 4.90 Å². The molecule has 2 aliphatic carbocycles. The van der Waals surface area contributed by atoms with Crippen LogP contribution in [0.3, 0.4) is 0 Å². The SMILES string of the molecule is C=C1CCC2N(c3cc(C(F)(F)F)cc(C(F)(F)F)c3)C2(C)CC[C@@H]2[C@@H]1CC2(C)C. The summed E-state index contributed by atoms with van der Waals surface area (Å²) < 4.78 is 79.9. The third-order valence-electron chi connectivity index (χ3n) is 7.82. The second kappa shape index (κ2) is 6.42. The highest BCUT2D eigenvalue weighted by molar-refractivity contribution is 5.63. The molecule has 1 aliphatic heterocycles. The van der Waals surface area contributed by atoms with E-state index in [-0.39, 0.29) is 23.2 Å². The highest BCUT2D eigenvalue weighted by Crippen LogP contribution is 2.61. The smallest absolute Gasteiger partial charge is 0.359 e. The highest BCUT2D eigenvalue weighted by atomic mass is 19.4. The zero-order chi connectivity index (χ0) is 22.3.